The van der Waals surface area contributed by atoms with E-state index in [9.17, 15) is 8.78 Å². The molecule has 0 fully saturated rings. The molecule has 0 aliphatic carbocycles. The summed E-state index contributed by atoms with van der Waals surface area (Å²) < 4.78 is 31.7. The van der Waals surface area contributed by atoms with Gasteiger partial charge in [0.1, 0.15) is 12.1 Å². The third-order valence-corrected chi connectivity index (χ3v) is 2.21. The van der Waals surface area contributed by atoms with Crippen molar-refractivity contribution in [1.29, 1.82) is 0 Å². The summed E-state index contributed by atoms with van der Waals surface area (Å²) in [4.78, 5) is 7.75. The molecule has 0 aliphatic heterocycles. The van der Waals surface area contributed by atoms with Crippen molar-refractivity contribution in [1.82, 2.24) is 15.3 Å². The summed E-state index contributed by atoms with van der Waals surface area (Å²) in [6.45, 7) is 0.465. The Bertz CT molecular complexity index is 549. The van der Waals surface area contributed by atoms with Gasteiger partial charge in [0.05, 0.1) is 0 Å². The molecule has 1 N–H and O–H groups in total. The van der Waals surface area contributed by atoms with E-state index >= 15 is 0 Å². The van der Waals surface area contributed by atoms with Crippen molar-refractivity contribution in [3.8, 4) is 11.6 Å². The minimum Gasteiger partial charge on any atom is -0.435 e. The molecule has 1 heterocycles. The normalized spacial score (nSPS) is 10.4. The molecule has 0 unspecified atom stereocenters. The van der Waals surface area contributed by atoms with Gasteiger partial charge < -0.3 is 10.1 Å². The Labute approximate surface area is 103 Å². The van der Waals surface area contributed by atoms with Crippen LogP contribution in [0.2, 0.25) is 0 Å². The Morgan fingerprint density at radius 1 is 1.33 bits per heavy atom. The van der Waals surface area contributed by atoms with Gasteiger partial charge in [-0.3, -0.25) is 0 Å². The summed E-state index contributed by atoms with van der Waals surface area (Å²) in [6, 6.07) is 3.00. The van der Waals surface area contributed by atoms with Gasteiger partial charge in [0.2, 0.25) is 5.88 Å². The van der Waals surface area contributed by atoms with E-state index in [0.717, 1.165) is 18.2 Å². The summed E-state index contributed by atoms with van der Waals surface area (Å²) >= 11 is 0. The Hall–Kier alpha value is -2.08. The van der Waals surface area contributed by atoms with Crippen molar-refractivity contribution < 1.29 is 13.5 Å². The van der Waals surface area contributed by atoms with Crippen LogP contribution in [-0.4, -0.2) is 17.0 Å². The molecule has 1 aromatic heterocycles. The molecule has 0 bridgehead atoms. The number of nitrogens with one attached hydrogen (secondary N) is 1. The van der Waals surface area contributed by atoms with E-state index < -0.39 is 11.6 Å². The van der Waals surface area contributed by atoms with Crippen LogP contribution in [-0.2, 0) is 6.54 Å². The maximum absolute atomic E-state index is 13.4. The zero-order valence-electron chi connectivity index (χ0n) is 9.65. The Kier molecular flexibility index (Phi) is 3.78. The number of halogens is 2. The number of ether oxygens (including phenoxy) is 1. The van der Waals surface area contributed by atoms with E-state index in [1.807, 2.05) is 0 Å². The van der Waals surface area contributed by atoms with E-state index in [1.165, 1.54) is 6.33 Å². The first-order chi connectivity index (χ1) is 8.70. The molecule has 0 saturated heterocycles. The standard InChI is InChI=1S/C12H11F2N3O/c1-15-5-8-6-16-7-17-12(8)18-11-4-9(13)2-3-10(11)14/h2-4,6-7,15H,5H2,1H3. The Balaban J connectivity index is 2.30. The first-order valence-electron chi connectivity index (χ1n) is 5.27. The second-order valence-electron chi connectivity index (χ2n) is 3.56. The minimum atomic E-state index is -0.648. The van der Waals surface area contributed by atoms with Crippen LogP contribution >= 0.6 is 0 Å². The highest BCUT2D eigenvalue weighted by atomic mass is 19.1. The molecule has 1 aromatic carbocycles. The van der Waals surface area contributed by atoms with Crippen LogP contribution in [0.5, 0.6) is 11.6 Å². The van der Waals surface area contributed by atoms with E-state index in [1.54, 1.807) is 13.2 Å². The molecule has 0 saturated carbocycles. The lowest BCUT2D eigenvalue weighted by molar-refractivity contribution is 0.415. The van der Waals surface area contributed by atoms with Gasteiger partial charge in [0, 0.05) is 24.4 Å². The quantitative estimate of drug-likeness (QED) is 0.905. The van der Waals surface area contributed by atoms with Crippen LogP contribution in [0.1, 0.15) is 5.56 Å². The van der Waals surface area contributed by atoms with Crippen LogP contribution in [0.25, 0.3) is 0 Å². The molecule has 0 atom stereocenters. The molecule has 18 heavy (non-hydrogen) atoms. The highest BCUT2D eigenvalue weighted by Crippen LogP contribution is 2.25. The van der Waals surface area contributed by atoms with Crippen molar-refractivity contribution in [3.05, 3.63) is 47.9 Å². The fourth-order valence-electron chi connectivity index (χ4n) is 1.41. The first kappa shape index (κ1) is 12.4. The van der Waals surface area contributed by atoms with Crippen molar-refractivity contribution >= 4 is 0 Å². The van der Waals surface area contributed by atoms with E-state index in [0.29, 0.717) is 12.1 Å². The molecule has 2 aromatic rings. The zero-order valence-corrected chi connectivity index (χ0v) is 9.65. The molecular weight excluding hydrogens is 240 g/mol. The first-order valence-corrected chi connectivity index (χ1v) is 5.27. The number of nitrogens with zero attached hydrogens (tertiary/aromatic N) is 2. The summed E-state index contributed by atoms with van der Waals surface area (Å²) in [6.07, 6.45) is 2.84. The van der Waals surface area contributed by atoms with Crippen molar-refractivity contribution in [2.24, 2.45) is 0 Å². The number of rotatable bonds is 4. The summed E-state index contributed by atoms with van der Waals surface area (Å²) in [5.41, 5.74) is 0.656. The second kappa shape index (κ2) is 5.50. The third kappa shape index (κ3) is 2.78. The lowest BCUT2D eigenvalue weighted by atomic mass is 10.3. The van der Waals surface area contributed by atoms with Gasteiger partial charge >= 0.3 is 0 Å². The fourth-order valence-corrected chi connectivity index (χ4v) is 1.41. The number of hydrogen-bond acceptors (Lipinski definition) is 4. The SMILES string of the molecule is CNCc1cncnc1Oc1cc(F)ccc1F. The molecular formula is C12H11F2N3O. The second-order valence-corrected chi connectivity index (χ2v) is 3.56. The van der Waals surface area contributed by atoms with Crippen molar-refractivity contribution in [2.75, 3.05) is 7.05 Å². The fraction of sp³-hybridized carbons (Fsp3) is 0.167. The van der Waals surface area contributed by atoms with E-state index in [2.05, 4.69) is 15.3 Å². The number of benzene rings is 1. The molecule has 0 amide bonds. The summed E-state index contributed by atoms with van der Waals surface area (Å²) in [5.74, 6) is -1.23. The van der Waals surface area contributed by atoms with Gasteiger partial charge in [-0.15, -0.1) is 0 Å². The average Bonchev–Trinajstić information content (AvgIpc) is 2.36. The molecule has 6 heteroatoms. The molecule has 4 nitrogen and oxygen atoms in total. The predicted octanol–water partition coefficient (Wildman–Crippen LogP) is 2.27. The minimum absolute atomic E-state index is 0.198. The highest BCUT2D eigenvalue weighted by Gasteiger charge is 2.10. The van der Waals surface area contributed by atoms with Gasteiger partial charge in [-0.2, -0.15) is 0 Å². The van der Waals surface area contributed by atoms with Gasteiger partial charge in [0.25, 0.3) is 0 Å². The average molecular weight is 251 g/mol. The molecule has 0 aliphatic rings. The third-order valence-electron chi connectivity index (χ3n) is 2.21. The molecule has 0 radical (unpaired) electrons. The summed E-state index contributed by atoms with van der Waals surface area (Å²) in [5, 5.41) is 2.91. The maximum atomic E-state index is 13.4. The topological polar surface area (TPSA) is 47.0 Å². The lowest BCUT2D eigenvalue weighted by Crippen LogP contribution is -2.08. The monoisotopic (exact) mass is 251 g/mol. The van der Waals surface area contributed by atoms with E-state index in [4.69, 9.17) is 4.74 Å². The Morgan fingerprint density at radius 2 is 2.17 bits per heavy atom. The zero-order chi connectivity index (χ0) is 13.0. The van der Waals surface area contributed by atoms with Gasteiger partial charge in [-0.05, 0) is 19.2 Å². The number of hydrogen-bond donors (Lipinski definition) is 1. The van der Waals surface area contributed by atoms with Crippen LogP contribution in [0.15, 0.2) is 30.7 Å². The van der Waals surface area contributed by atoms with Gasteiger partial charge in [-0.1, -0.05) is 0 Å². The van der Waals surface area contributed by atoms with Crippen LogP contribution < -0.4 is 10.1 Å². The molecule has 0 spiro atoms. The van der Waals surface area contributed by atoms with Crippen molar-refractivity contribution in [3.63, 3.8) is 0 Å². The summed E-state index contributed by atoms with van der Waals surface area (Å²) in [7, 11) is 1.75. The largest absolute Gasteiger partial charge is 0.435 e. The maximum Gasteiger partial charge on any atom is 0.226 e. The smallest absolute Gasteiger partial charge is 0.226 e. The van der Waals surface area contributed by atoms with Gasteiger partial charge in [-0.25, -0.2) is 18.7 Å². The lowest BCUT2D eigenvalue weighted by Gasteiger charge is -2.09. The molecule has 94 valence electrons. The number of aromatic nitrogens is 2. The van der Waals surface area contributed by atoms with Crippen LogP contribution in [0.3, 0.4) is 0 Å². The highest BCUT2D eigenvalue weighted by molar-refractivity contribution is 5.32. The molecule has 2 rings (SSSR count). The Morgan fingerprint density at radius 3 is 2.94 bits per heavy atom. The predicted molar refractivity (Wildman–Crippen MR) is 61.2 cm³/mol. The van der Waals surface area contributed by atoms with Crippen LogP contribution in [0.4, 0.5) is 8.78 Å². The van der Waals surface area contributed by atoms with E-state index in [-0.39, 0.29) is 11.6 Å². The van der Waals surface area contributed by atoms with Crippen LogP contribution in [0, 0.1) is 11.6 Å². The van der Waals surface area contributed by atoms with Gasteiger partial charge in [0.15, 0.2) is 11.6 Å². The van der Waals surface area contributed by atoms with Crippen molar-refractivity contribution in [2.45, 2.75) is 6.54 Å².